The molecule has 0 spiro atoms. The molecule has 0 saturated heterocycles. The van der Waals surface area contributed by atoms with Gasteiger partial charge in [-0.2, -0.15) is 0 Å². The summed E-state index contributed by atoms with van der Waals surface area (Å²) in [6.45, 7) is 2.92. The normalized spacial score (nSPS) is 20.7. The predicted molar refractivity (Wildman–Crippen MR) is 133 cm³/mol. The number of carbonyl (C=O) groups excluding carboxylic acids is 2. The number of methoxy groups -OCH3 is 1. The molecule has 0 amide bonds. The molecular weight excluding hydrogens is 446 g/mol. The molecule has 34 heavy (non-hydrogen) atoms. The number of Topliss-reactive ketones (excluding diaryl/α,β-unsaturated/α-hetero) is 1. The Balaban J connectivity index is 1.09. The Bertz CT molecular complexity index is 1180. The minimum Gasteiger partial charge on any atom is -0.464 e. The monoisotopic (exact) mass is 477 g/mol. The van der Waals surface area contributed by atoms with Gasteiger partial charge in [0.1, 0.15) is 0 Å². The Hall–Kier alpha value is -2.64. The fourth-order valence-electron chi connectivity index (χ4n) is 5.43. The van der Waals surface area contributed by atoms with Crippen LogP contribution in [-0.2, 0) is 17.7 Å². The van der Waals surface area contributed by atoms with Crippen LogP contribution in [0.5, 0.6) is 0 Å². The van der Waals surface area contributed by atoms with Gasteiger partial charge in [0.05, 0.1) is 18.3 Å². The van der Waals surface area contributed by atoms with Crippen LogP contribution in [0.4, 0.5) is 0 Å². The van der Waals surface area contributed by atoms with Crippen molar-refractivity contribution in [1.29, 1.82) is 0 Å². The molecule has 7 heteroatoms. The number of pyridine rings is 1. The van der Waals surface area contributed by atoms with E-state index in [1.54, 1.807) is 6.20 Å². The molecule has 3 aromatic rings. The first kappa shape index (κ1) is 23.1. The van der Waals surface area contributed by atoms with Gasteiger partial charge in [-0.25, -0.2) is 9.78 Å². The first-order valence-corrected chi connectivity index (χ1v) is 13.1. The van der Waals surface area contributed by atoms with E-state index in [1.165, 1.54) is 42.6 Å². The van der Waals surface area contributed by atoms with Crippen molar-refractivity contribution in [2.24, 2.45) is 11.8 Å². The molecule has 1 aromatic carbocycles. The van der Waals surface area contributed by atoms with Crippen LogP contribution in [0, 0.1) is 11.8 Å². The Morgan fingerprint density at radius 3 is 2.76 bits per heavy atom. The van der Waals surface area contributed by atoms with Gasteiger partial charge in [-0.1, -0.05) is 31.0 Å². The number of benzene rings is 1. The number of ketones is 1. The molecule has 6 nitrogen and oxygen atoms in total. The van der Waals surface area contributed by atoms with Gasteiger partial charge in [0.15, 0.2) is 5.78 Å². The SMILES string of the molecule is COC(=O)c1nc2c(s1)CCN(CCC1CCC(CC(=O)c3cccc4ncccc34)CC1)C2. The van der Waals surface area contributed by atoms with Crippen LogP contribution in [-0.4, -0.2) is 46.8 Å². The number of esters is 1. The topological polar surface area (TPSA) is 72.4 Å². The highest BCUT2D eigenvalue weighted by atomic mass is 32.1. The second-order valence-corrected chi connectivity index (χ2v) is 10.7. The van der Waals surface area contributed by atoms with E-state index < -0.39 is 0 Å². The summed E-state index contributed by atoms with van der Waals surface area (Å²) in [7, 11) is 1.40. The average Bonchev–Trinajstić information content (AvgIpc) is 3.31. The smallest absolute Gasteiger partial charge is 0.367 e. The van der Waals surface area contributed by atoms with Gasteiger partial charge in [-0.15, -0.1) is 11.3 Å². The Morgan fingerprint density at radius 2 is 1.94 bits per heavy atom. The number of fused-ring (bicyclic) bond motifs is 2. The van der Waals surface area contributed by atoms with Gasteiger partial charge in [0, 0.05) is 41.5 Å². The second-order valence-electron chi connectivity index (χ2n) is 9.59. The number of hydrogen-bond donors (Lipinski definition) is 0. The van der Waals surface area contributed by atoms with E-state index in [1.807, 2.05) is 30.3 Å². The number of thiazole rings is 1. The minimum absolute atomic E-state index is 0.251. The van der Waals surface area contributed by atoms with Crippen LogP contribution < -0.4 is 0 Å². The highest BCUT2D eigenvalue weighted by molar-refractivity contribution is 7.13. The summed E-state index contributed by atoms with van der Waals surface area (Å²) in [6.07, 6.45) is 9.26. The fourth-order valence-corrected chi connectivity index (χ4v) is 6.40. The molecule has 3 heterocycles. The Labute approximate surface area is 204 Å². The van der Waals surface area contributed by atoms with E-state index in [0.717, 1.165) is 67.0 Å². The van der Waals surface area contributed by atoms with Crippen molar-refractivity contribution in [2.45, 2.75) is 51.5 Å². The molecule has 2 aliphatic rings. The second kappa shape index (κ2) is 10.3. The van der Waals surface area contributed by atoms with Crippen LogP contribution >= 0.6 is 11.3 Å². The number of nitrogens with zero attached hydrogens (tertiary/aromatic N) is 3. The highest BCUT2D eigenvalue weighted by Crippen LogP contribution is 2.34. The van der Waals surface area contributed by atoms with Crippen LogP contribution in [0.3, 0.4) is 0 Å². The number of rotatable bonds is 7. The van der Waals surface area contributed by atoms with Crippen molar-refractivity contribution >= 4 is 34.0 Å². The van der Waals surface area contributed by atoms with Crippen molar-refractivity contribution in [2.75, 3.05) is 20.2 Å². The van der Waals surface area contributed by atoms with Crippen LogP contribution in [0.25, 0.3) is 10.9 Å². The van der Waals surface area contributed by atoms with Crippen molar-refractivity contribution in [3.63, 3.8) is 0 Å². The number of ether oxygens (including phenoxy) is 1. The summed E-state index contributed by atoms with van der Waals surface area (Å²) in [5, 5.41) is 1.44. The summed E-state index contributed by atoms with van der Waals surface area (Å²) >= 11 is 1.48. The molecule has 0 radical (unpaired) electrons. The van der Waals surface area contributed by atoms with Crippen molar-refractivity contribution < 1.29 is 14.3 Å². The third kappa shape index (κ3) is 5.05. The first-order valence-electron chi connectivity index (χ1n) is 12.3. The van der Waals surface area contributed by atoms with Crippen molar-refractivity contribution in [1.82, 2.24) is 14.9 Å². The molecule has 0 unspecified atom stereocenters. The summed E-state index contributed by atoms with van der Waals surface area (Å²) in [6, 6.07) is 9.74. The summed E-state index contributed by atoms with van der Waals surface area (Å²) in [4.78, 5) is 37.4. The van der Waals surface area contributed by atoms with Crippen LogP contribution in [0.2, 0.25) is 0 Å². The number of hydrogen-bond acceptors (Lipinski definition) is 7. The molecule has 1 aliphatic carbocycles. The maximum absolute atomic E-state index is 13.0. The van der Waals surface area contributed by atoms with E-state index in [2.05, 4.69) is 14.9 Å². The van der Waals surface area contributed by atoms with Gasteiger partial charge in [-0.05, 0) is 56.2 Å². The highest BCUT2D eigenvalue weighted by Gasteiger charge is 2.27. The maximum atomic E-state index is 13.0. The zero-order valence-corrected chi connectivity index (χ0v) is 20.5. The molecule has 0 atom stereocenters. The lowest BCUT2D eigenvalue weighted by atomic mass is 9.78. The standard InChI is InChI=1S/C27H31N3O3S/c1-33-27(32)26-29-23-17-30(15-12-25(23)34-26)14-11-18-7-9-19(10-8-18)16-24(31)21-4-2-6-22-20(21)5-3-13-28-22/h2-6,13,18-19H,7-12,14-17H2,1H3. The van der Waals surface area contributed by atoms with Crippen LogP contribution in [0.1, 0.15) is 69.3 Å². The first-order chi connectivity index (χ1) is 16.6. The van der Waals surface area contributed by atoms with E-state index in [0.29, 0.717) is 17.3 Å². The van der Waals surface area contributed by atoms with E-state index >= 15 is 0 Å². The minimum atomic E-state index is -0.335. The van der Waals surface area contributed by atoms with E-state index in [9.17, 15) is 9.59 Å². The molecule has 178 valence electrons. The van der Waals surface area contributed by atoms with E-state index in [-0.39, 0.29) is 11.8 Å². The molecule has 0 bridgehead atoms. The lowest BCUT2D eigenvalue weighted by Crippen LogP contribution is -2.32. The summed E-state index contributed by atoms with van der Waals surface area (Å²) < 4.78 is 4.82. The fraction of sp³-hybridized carbons (Fsp3) is 0.481. The Kier molecular flexibility index (Phi) is 7.02. The maximum Gasteiger partial charge on any atom is 0.367 e. The molecule has 0 N–H and O–H groups in total. The molecular formula is C27H31N3O3S. The third-order valence-electron chi connectivity index (χ3n) is 7.41. The van der Waals surface area contributed by atoms with Crippen LogP contribution in [0.15, 0.2) is 36.5 Å². The molecule has 5 rings (SSSR count). The summed E-state index contributed by atoms with van der Waals surface area (Å²) in [5.41, 5.74) is 2.75. The van der Waals surface area contributed by atoms with Gasteiger partial charge >= 0.3 is 5.97 Å². The van der Waals surface area contributed by atoms with E-state index in [4.69, 9.17) is 4.74 Å². The zero-order valence-electron chi connectivity index (χ0n) is 19.7. The largest absolute Gasteiger partial charge is 0.464 e. The van der Waals surface area contributed by atoms with Crippen molar-refractivity contribution in [3.8, 4) is 0 Å². The Morgan fingerprint density at radius 1 is 1.12 bits per heavy atom. The zero-order chi connectivity index (χ0) is 23.5. The molecule has 1 fully saturated rings. The quantitative estimate of drug-likeness (QED) is 0.339. The molecule has 2 aromatic heterocycles. The lowest BCUT2D eigenvalue weighted by Gasteiger charge is -2.31. The van der Waals surface area contributed by atoms with Gasteiger partial charge in [-0.3, -0.25) is 14.7 Å². The molecule has 1 aliphatic heterocycles. The van der Waals surface area contributed by atoms with Gasteiger partial charge in [0.2, 0.25) is 5.01 Å². The third-order valence-corrected chi connectivity index (χ3v) is 8.54. The van der Waals surface area contributed by atoms with Gasteiger partial charge < -0.3 is 4.74 Å². The average molecular weight is 478 g/mol. The summed E-state index contributed by atoms with van der Waals surface area (Å²) in [5.74, 6) is 1.13. The van der Waals surface area contributed by atoms with Crippen molar-refractivity contribution in [3.05, 3.63) is 57.7 Å². The molecule has 1 saturated carbocycles. The van der Waals surface area contributed by atoms with Gasteiger partial charge in [0.25, 0.3) is 0 Å². The number of aromatic nitrogens is 2. The lowest BCUT2D eigenvalue weighted by molar-refractivity contribution is 0.0599. The predicted octanol–water partition coefficient (Wildman–Crippen LogP) is 5.31. The number of carbonyl (C=O) groups is 2.